The van der Waals surface area contributed by atoms with Gasteiger partial charge in [-0.15, -0.1) is 5.10 Å². The summed E-state index contributed by atoms with van der Waals surface area (Å²) in [6, 6.07) is -0.105. The summed E-state index contributed by atoms with van der Waals surface area (Å²) in [5.41, 5.74) is 0.587. The summed E-state index contributed by atoms with van der Waals surface area (Å²) >= 11 is 0. The van der Waals surface area contributed by atoms with Gasteiger partial charge < -0.3 is 10.4 Å². The van der Waals surface area contributed by atoms with E-state index in [1.165, 1.54) is 4.68 Å². The lowest BCUT2D eigenvalue weighted by Gasteiger charge is -2.10. The van der Waals surface area contributed by atoms with Crippen LogP contribution >= 0.6 is 0 Å². The van der Waals surface area contributed by atoms with Crippen LogP contribution in [-0.2, 0) is 16.0 Å². The van der Waals surface area contributed by atoms with Crippen molar-refractivity contribution in [2.75, 3.05) is 0 Å². The molecule has 0 spiro atoms. The highest BCUT2D eigenvalue weighted by Gasteiger charge is 2.26. The molecule has 2 N–H and O–H groups in total. The lowest BCUT2D eigenvalue weighted by atomic mass is 10.2. The zero-order valence-corrected chi connectivity index (χ0v) is 10.2. The molecular formula is C11H16N4O3. The average Bonchev–Trinajstić information content (AvgIpc) is 3.01. The molecular weight excluding hydrogens is 236 g/mol. The van der Waals surface area contributed by atoms with Crippen molar-refractivity contribution in [2.45, 2.75) is 44.7 Å². The van der Waals surface area contributed by atoms with Gasteiger partial charge in [0, 0.05) is 18.7 Å². The van der Waals surface area contributed by atoms with Crippen LogP contribution in [-0.4, -0.2) is 38.0 Å². The Hall–Kier alpha value is -1.92. The maximum absolute atomic E-state index is 11.8. The van der Waals surface area contributed by atoms with Crippen LogP contribution < -0.4 is 5.32 Å². The van der Waals surface area contributed by atoms with Gasteiger partial charge in [0.2, 0.25) is 5.91 Å². The second-order valence-corrected chi connectivity index (χ2v) is 4.54. The fourth-order valence-electron chi connectivity index (χ4n) is 1.52. The second-order valence-electron chi connectivity index (χ2n) is 4.54. The van der Waals surface area contributed by atoms with Crippen molar-refractivity contribution >= 4 is 11.9 Å². The number of carboxylic acid groups (broad SMARTS) is 1. The zero-order chi connectivity index (χ0) is 13.1. The molecule has 0 aliphatic heterocycles. The minimum absolute atomic E-state index is 0.0152. The second kappa shape index (κ2) is 5.16. The Kier molecular flexibility index (Phi) is 3.59. The van der Waals surface area contributed by atoms with Gasteiger partial charge >= 0.3 is 5.97 Å². The van der Waals surface area contributed by atoms with E-state index in [9.17, 15) is 9.59 Å². The van der Waals surface area contributed by atoms with Gasteiger partial charge in [0.15, 0.2) is 0 Å². The summed E-state index contributed by atoms with van der Waals surface area (Å²) in [4.78, 5) is 22.2. The largest absolute Gasteiger partial charge is 0.481 e. The fraction of sp³-hybridized carbons (Fsp3) is 0.636. The minimum atomic E-state index is -0.871. The highest BCUT2D eigenvalue weighted by molar-refractivity contribution is 5.80. The smallest absolute Gasteiger partial charge is 0.303 e. The monoisotopic (exact) mass is 252 g/mol. The molecule has 1 fully saturated rings. The zero-order valence-electron chi connectivity index (χ0n) is 10.2. The third-order valence-electron chi connectivity index (χ3n) is 2.85. The molecule has 1 aromatic rings. The van der Waals surface area contributed by atoms with Gasteiger partial charge in [0.1, 0.15) is 6.04 Å². The van der Waals surface area contributed by atoms with Crippen LogP contribution in [0.2, 0.25) is 0 Å². The predicted molar refractivity (Wildman–Crippen MR) is 61.9 cm³/mol. The van der Waals surface area contributed by atoms with Crippen molar-refractivity contribution in [1.82, 2.24) is 20.3 Å². The summed E-state index contributed by atoms with van der Waals surface area (Å²) in [5.74, 6) is -0.948. The summed E-state index contributed by atoms with van der Waals surface area (Å²) in [7, 11) is 0. The standard InChI is InChI=1S/C11H16N4O3/c1-7(11(18)12-8-2-3-8)15-6-9(13-14-15)4-5-10(16)17/h6-8H,2-5H2,1H3,(H,12,18)(H,16,17). The molecule has 1 aliphatic carbocycles. The number of aromatic nitrogens is 3. The minimum Gasteiger partial charge on any atom is -0.481 e. The number of hydrogen-bond acceptors (Lipinski definition) is 4. The van der Waals surface area contributed by atoms with Crippen LogP contribution in [0, 0.1) is 0 Å². The van der Waals surface area contributed by atoms with E-state index in [0.29, 0.717) is 18.2 Å². The molecule has 1 aliphatic rings. The van der Waals surface area contributed by atoms with Gasteiger partial charge in [-0.2, -0.15) is 0 Å². The molecule has 1 aromatic heterocycles. The summed E-state index contributed by atoms with van der Waals surface area (Å²) in [5, 5.41) is 19.2. The summed E-state index contributed by atoms with van der Waals surface area (Å²) in [6.45, 7) is 1.74. The highest BCUT2D eigenvalue weighted by Crippen LogP contribution is 2.19. The SMILES string of the molecule is CC(C(=O)NC1CC1)n1cc(CCC(=O)O)nn1. The average molecular weight is 252 g/mol. The lowest BCUT2D eigenvalue weighted by molar-refractivity contribution is -0.137. The van der Waals surface area contributed by atoms with E-state index in [4.69, 9.17) is 5.11 Å². The first kappa shape index (κ1) is 12.5. The van der Waals surface area contributed by atoms with E-state index < -0.39 is 12.0 Å². The van der Waals surface area contributed by atoms with Crippen molar-refractivity contribution in [3.8, 4) is 0 Å². The van der Waals surface area contributed by atoms with Gasteiger partial charge in [-0.3, -0.25) is 9.59 Å². The molecule has 98 valence electrons. The number of carbonyl (C=O) groups excluding carboxylic acids is 1. The molecule has 2 rings (SSSR count). The third-order valence-corrected chi connectivity index (χ3v) is 2.85. The number of nitrogens with one attached hydrogen (secondary N) is 1. The highest BCUT2D eigenvalue weighted by atomic mass is 16.4. The van der Waals surface area contributed by atoms with Crippen molar-refractivity contribution in [3.63, 3.8) is 0 Å². The number of hydrogen-bond donors (Lipinski definition) is 2. The Morgan fingerprint density at radius 3 is 2.94 bits per heavy atom. The lowest BCUT2D eigenvalue weighted by Crippen LogP contribution is -2.32. The molecule has 1 heterocycles. The van der Waals surface area contributed by atoms with Gasteiger partial charge in [0.05, 0.1) is 12.1 Å². The number of aryl methyl sites for hydroxylation is 1. The number of rotatable bonds is 6. The van der Waals surface area contributed by atoms with Crippen LogP contribution in [0.1, 0.15) is 37.9 Å². The number of nitrogens with zero attached hydrogens (tertiary/aromatic N) is 3. The van der Waals surface area contributed by atoms with E-state index in [0.717, 1.165) is 12.8 Å². The number of carboxylic acids is 1. The van der Waals surface area contributed by atoms with Gasteiger partial charge in [0.25, 0.3) is 0 Å². The van der Waals surface area contributed by atoms with E-state index in [1.807, 2.05) is 0 Å². The topological polar surface area (TPSA) is 97.1 Å². The Balaban J connectivity index is 1.91. The van der Waals surface area contributed by atoms with Crippen LogP contribution in [0.5, 0.6) is 0 Å². The maximum Gasteiger partial charge on any atom is 0.303 e. The fourth-order valence-corrected chi connectivity index (χ4v) is 1.52. The first-order chi connectivity index (χ1) is 8.56. The summed E-state index contributed by atoms with van der Waals surface area (Å²) in [6.07, 6.45) is 4.05. The van der Waals surface area contributed by atoms with E-state index in [2.05, 4.69) is 15.6 Å². The Morgan fingerprint density at radius 2 is 2.33 bits per heavy atom. The maximum atomic E-state index is 11.8. The van der Waals surface area contributed by atoms with E-state index in [1.54, 1.807) is 13.1 Å². The van der Waals surface area contributed by atoms with E-state index >= 15 is 0 Å². The molecule has 1 atom stereocenters. The molecule has 7 heteroatoms. The van der Waals surface area contributed by atoms with Crippen LogP contribution in [0.3, 0.4) is 0 Å². The predicted octanol–water partition coefficient (Wildman–Crippen LogP) is 0.135. The molecule has 0 radical (unpaired) electrons. The molecule has 1 saturated carbocycles. The van der Waals surface area contributed by atoms with Gasteiger partial charge in [-0.1, -0.05) is 5.21 Å². The first-order valence-electron chi connectivity index (χ1n) is 5.99. The Labute approximate surface area is 104 Å². The molecule has 0 aromatic carbocycles. The normalized spacial score (nSPS) is 16.3. The molecule has 7 nitrogen and oxygen atoms in total. The molecule has 0 saturated heterocycles. The van der Waals surface area contributed by atoms with Crippen molar-refractivity contribution in [2.24, 2.45) is 0 Å². The Morgan fingerprint density at radius 1 is 1.61 bits per heavy atom. The quantitative estimate of drug-likeness (QED) is 0.750. The number of amides is 1. The number of aliphatic carboxylic acids is 1. The van der Waals surface area contributed by atoms with Crippen molar-refractivity contribution in [1.29, 1.82) is 0 Å². The Bertz CT molecular complexity index is 453. The molecule has 1 unspecified atom stereocenters. The first-order valence-corrected chi connectivity index (χ1v) is 5.99. The third kappa shape index (κ3) is 3.28. The van der Waals surface area contributed by atoms with Crippen molar-refractivity contribution in [3.05, 3.63) is 11.9 Å². The molecule has 1 amide bonds. The van der Waals surface area contributed by atoms with Crippen LogP contribution in [0.15, 0.2) is 6.20 Å². The van der Waals surface area contributed by atoms with E-state index in [-0.39, 0.29) is 12.3 Å². The number of carbonyl (C=O) groups is 2. The molecule has 0 bridgehead atoms. The van der Waals surface area contributed by atoms with Gasteiger partial charge in [-0.05, 0) is 19.8 Å². The van der Waals surface area contributed by atoms with Gasteiger partial charge in [-0.25, -0.2) is 4.68 Å². The van der Waals surface area contributed by atoms with Crippen molar-refractivity contribution < 1.29 is 14.7 Å². The van der Waals surface area contributed by atoms with Crippen LogP contribution in [0.4, 0.5) is 0 Å². The van der Waals surface area contributed by atoms with Crippen LogP contribution in [0.25, 0.3) is 0 Å². The summed E-state index contributed by atoms with van der Waals surface area (Å²) < 4.78 is 1.47. The molecule has 18 heavy (non-hydrogen) atoms.